The van der Waals surface area contributed by atoms with Gasteiger partial charge in [-0.05, 0) is 24.5 Å². The van der Waals surface area contributed by atoms with E-state index in [4.69, 9.17) is 24.8 Å². The maximum Gasteiger partial charge on any atom is 0.308 e. The summed E-state index contributed by atoms with van der Waals surface area (Å²) in [5, 5.41) is 0.690. The number of carbonyl (C=O) groups is 1. The normalized spacial score (nSPS) is 9.65. The molecule has 0 aromatic heterocycles. The highest BCUT2D eigenvalue weighted by molar-refractivity contribution is 7.60. The smallest absolute Gasteiger partial charge is 0.289 e. The SMILES string of the molecule is CCCCc1c(Cl)cccc1C(=O)c1ccccc1.N=S(=O)=O. The summed E-state index contributed by atoms with van der Waals surface area (Å²) in [7, 11) is -2.61. The lowest BCUT2D eigenvalue weighted by Gasteiger charge is -2.10. The molecule has 23 heavy (non-hydrogen) atoms. The zero-order valence-electron chi connectivity index (χ0n) is 12.8. The average Bonchev–Trinajstić information content (AvgIpc) is 2.53. The Balaban J connectivity index is 0.000000593. The monoisotopic (exact) mass is 351 g/mol. The summed E-state index contributed by atoms with van der Waals surface area (Å²) in [6, 6.07) is 14.9. The van der Waals surface area contributed by atoms with E-state index >= 15 is 0 Å². The summed E-state index contributed by atoms with van der Waals surface area (Å²) < 4.78 is 22.8. The van der Waals surface area contributed by atoms with Crippen LogP contribution >= 0.6 is 11.6 Å². The van der Waals surface area contributed by atoms with E-state index in [1.165, 1.54) is 0 Å². The quantitative estimate of drug-likeness (QED) is 0.803. The molecule has 4 nitrogen and oxygen atoms in total. The Bertz CT molecular complexity index is 752. The number of halogens is 1. The van der Waals surface area contributed by atoms with Gasteiger partial charge in [0.25, 0.3) is 0 Å². The van der Waals surface area contributed by atoms with Crippen LogP contribution in [0, 0.1) is 4.78 Å². The van der Waals surface area contributed by atoms with Crippen LogP contribution in [0.15, 0.2) is 48.5 Å². The molecular formula is C17H18ClNO3S. The highest BCUT2D eigenvalue weighted by Crippen LogP contribution is 2.24. The van der Waals surface area contributed by atoms with Crippen LogP contribution in [0.25, 0.3) is 0 Å². The van der Waals surface area contributed by atoms with Crippen LogP contribution in [0.3, 0.4) is 0 Å². The first kappa shape index (κ1) is 19.1. The van der Waals surface area contributed by atoms with Gasteiger partial charge >= 0.3 is 10.5 Å². The number of rotatable bonds is 5. The molecule has 2 aromatic carbocycles. The highest BCUT2D eigenvalue weighted by Gasteiger charge is 2.15. The average molecular weight is 352 g/mol. The molecule has 1 N–H and O–H groups in total. The first-order chi connectivity index (χ1) is 11.0. The van der Waals surface area contributed by atoms with Crippen molar-refractivity contribution in [1.82, 2.24) is 0 Å². The van der Waals surface area contributed by atoms with E-state index in [9.17, 15) is 4.79 Å². The van der Waals surface area contributed by atoms with E-state index in [2.05, 4.69) is 6.92 Å². The molecule has 0 saturated carbocycles. The summed E-state index contributed by atoms with van der Waals surface area (Å²) in [4.78, 5) is 12.5. The van der Waals surface area contributed by atoms with Gasteiger partial charge in [-0.3, -0.25) is 4.79 Å². The Morgan fingerprint density at radius 1 is 1.09 bits per heavy atom. The van der Waals surface area contributed by atoms with Crippen molar-refractivity contribution in [3.8, 4) is 0 Å². The Hall–Kier alpha value is -1.98. The summed E-state index contributed by atoms with van der Waals surface area (Å²) in [5.74, 6) is 0.0502. The van der Waals surface area contributed by atoms with Crippen LogP contribution in [0.5, 0.6) is 0 Å². The molecular weight excluding hydrogens is 334 g/mol. The molecule has 0 bridgehead atoms. The van der Waals surface area contributed by atoms with Gasteiger partial charge in [0.15, 0.2) is 5.78 Å². The predicted molar refractivity (Wildman–Crippen MR) is 91.6 cm³/mol. The van der Waals surface area contributed by atoms with Gasteiger partial charge < -0.3 is 0 Å². The van der Waals surface area contributed by atoms with Gasteiger partial charge in [-0.2, -0.15) is 13.2 Å². The van der Waals surface area contributed by atoms with Gasteiger partial charge in [0.1, 0.15) is 0 Å². The lowest BCUT2D eigenvalue weighted by atomic mass is 9.95. The predicted octanol–water partition coefficient (Wildman–Crippen LogP) is 4.54. The van der Waals surface area contributed by atoms with Crippen molar-refractivity contribution in [1.29, 1.82) is 4.78 Å². The molecule has 0 atom stereocenters. The third-order valence-electron chi connectivity index (χ3n) is 3.18. The molecule has 0 aliphatic heterocycles. The van der Waals surface area contributed by atoms with E-state index in [0.717, 1.165) is 30.4 Å². The fourth-order valence-corrected chi connectivity index (χ4v) is 2.39. The first-order valence-corrected chi connectivity index (χ1v) is 8.60. The van der Waals surface area contributed by atoms with Crippen molar-refractivity contribution < 1.29 is 13.2 Å². The summed E-state index contributed by atoms with van der Waals surface area (Å²) in [6.07, 6.45) is 2.98. The molecule has 0 aliphatic carbocycles. The fraction of sp³-hybridized carbons (Fsp3) is 0.235. The standard InChI is InChI=1S/C17H17ClO.HNO2S/c1-2-3-10-14-15(11-7-12-16(14)18)17(19)13-8-5-4-6-9-13;1-4(2)3/h4-9,11-12H,2-3,10H2,1H3;1H. The third kappa shape index (κ3) is 6.34. The second-order valence-corrected chi connectivity index (χ2v) is 5.68. The van der Waals surface area contributed by atoms with Crippen LogP contribution in [0.2, 0.25) is 5.02 Å². The Morgan fingerprint density at radius 2 is 1.70 bits per heavy atom. The number of carbonyl (C=O) groups excluding carboxylic acids is 1. The Kier molecular flexibility index (Phi) is 8.22. The Morgan fingerprint density at radius 3 is 2.26 bits per heavy atom. The molecule has 0 aliphatic rings. The van der Waals surface area contributed by atoms with Gasteiger partial charge in [-0.25, -0.2) is 0 Å². The Labute approximate surface area is 142 Å². The first-order valence-electron chi connectivity index (χ1n) is 7.15. The van der Waals surface area contributed by atoms with Crippen molar-refractivity contribution in [2.75, 3.05) is 0 Å². The molecule has 2 aromatic rings. The third-order valence-corrected chi connectivity index (χ3v) is 3.53. The molecule has 0 unspecified atom stereocenters. The number of ketones is 1. The van der Waals surface area contributed by atoms with Crippen molar-refractivity contribution in [2.45, 2.75) is 26.2 Å². The van der Waals surface area contributed by atoms with E-state index in [0.29, 0.717) is 10.6 Å². The lowest BCUT2D eigenvalue weighted by molar-refractivity contribution is 0.103. The molecule has 0 radical (unpaired) electrons. The second-order valence-electron chi connectivity index (χ2n) is 4.80. The number of benzene rings is 2. The maximum absolute atomic E-state index is 12.5. The van der Waals surface area contributed by atoms with E-state index in [-0.39, 0.29) is 5.78 Å². The summed E-state index contributed by atoms with van der Waals surface area (Å²) >= 11 is 6.24. The van der Waals surface area contributed by atoms with Crippen LogP contribution in [0.1, 0.15) is 41.3 Å². The molecule has 0 heterocycles. The maximum atomic E-state index is 12.5. The van der Waals surface area contributed by atoms with Crippen LogP contribution in [-0.4, -0.2) is 14.2 Å². The zero-order chi connectivity index (χ0) is 17.2. The lowest BCUT2D eigenvalue weighted by Crippen LogP contribution is -2.06. The van der Waals surface area contributed by atoms with E-state index < -0.39 is 10.5 Å². The van der Waals surface area contributed by atoms with E-state index in [1.54, 1.807) is 0 Å². The fourth-order valence-electron chi connectivity index (χ4n) is 2.12. The van der Waals surface area contributed by atoms with Gasteiger partial charge in [0.2, 0.25) is 0 Å². The van der Waals surface area contributed by atoms with Crippen LogP contribution in [-0.2, 0) is 16.9 Å². The minimum Gasteiger partial charge on any atom is -0.289 e. The van der Waals surface area contributed by atoms with Crippen molar-refractivity contribution in [2.24, 2.45) is 0 Å². The molecule has 0 amide bonds. The highest BCUT2D eigenvalue weighted by atomic mass is 35.5. The van der Waals surface area contributed by atoms with Gasteiger partial charge in [-0.15, -0.1) is 0 Å². The zero-order valence-corrected chi connectivity index (χ0v) is 14.3. The van der Waals surface area contributed by atoms with Crippen LogP contribution in [0.4, 0.5) is 0 Å². The molecule has 0 saturated heterocycles. The number of nitrogens with one attached hydrogen (secondary N) is 1. The minimum atomic E-state index is -2.61. The van der Waals surface area contributed by atoms with Gasteiger partial charge in [0.05, 0.1) is 0 Å². The van der Waals surface area contributed by atoms with E-state index in [1.807, 2.05) is 48.5 Å². The summed E-state index contributed by atoms with van der Waals surface area (Å²) in [5.41, 5.74) is 2.41. The molecule has 0 fully saturated rings. The molecule has 0 spiro atoms. The number of hydrogen-bond donors (Lipinski definition) is 1. The minimum absolute atomic E-state index is 0.0502. The van der Waals surface area contributed by atoms with Crippen molar-refractivity contribution >= 4 is 27.9 Å². The van der Waals surface area contributed by atoms with Gasteiger partial charge in [0, 0.05) is 16.1 Å². The summed E-state index contributed by atoms with van der Waals surface area (Å²) in [6.45, 7) is 2.13. The van der Waals surface area contributed by atoms with Crippen LogP contribution < -0.4 is 0 Å². The second kappa shape index (κ2) is 9.92. The molecule has 6 heteroatoms. The topological polar surface area (TPSA) is 75.1 Å². The molecule has 2 rings (SSSR count). The largest absolute Gasteiger partial charge is 0.308 e. The number of hydrogen-bond acceptors (Lipinski definition) is 4. The van der Waals surface area contributed by atoms with Crippen molar-refractivity contribution in [3.05, 3.63) is 70.2 Å². The molecule has 122 valence electrons. The van der Waals surface area contributed by atoms with Crippen molar-refractivity contribution in [3.63, 3.8) is 0 Å². The number of unbranched alkanes of at least 4 members (excludes halogenated alkanes) is 1. The van der Waals surface area contributed by atoms with Gasteiger partial charge in [-0.1, -0.05) is 67.4 Å².